The Morgan fingerprint density at radius 3 is 2.55 bits per heavy atom. The van der Waals surface area contributed by atoms with Gasteiger partial charge in [0, 0.05) is 25.2 Å². The highest BCUT2D eigenvalue weighted by atomic mass is 15.1. The van der Waals surface area contributed by atoms with Gasteiger partial charge in [-0.2, -0.15) is 0 Å². The zero-order valence-electron chi connectivity index (χ0n) is 7.27. The molecule has 2 rings (SSSR count). The molecule has 11 heavy (non-hydrogen) atoms. The molecule has 2 heteroatoms. The molecule has 2 N–H and O–H groups in total. The van der Waals surface area contributed by atoms with Gasteiger partial charge in [0.2, 0.25) is 0 Å². The number of piperazine rings is 1. The van der Waals surface area contributed by atoms with Crippen molar-refractivity contribution in [2.75, 3.05) is 13.1 Å². The van der Waals surface area contributed by atoms with Crippen LogP contribution in [0.2, 0.25) is 0 Å². The van der Waals surface area contributed by atoms with E-state index in [1.165, 1.54) is 19.3 Å². The summed E-state index contributed by atoms with van der Waals surface area (Å²) >= 11 is 0. The van der Waals surface area contributed by atoms with E-state index in [1.807, 2.05) is 0 Å². The number of rotatable bonds is 0. The molecular weight excluding hydrogens is 136 g/mol. The fraction of sp³-hybridized carbons (Fsp3) is 1.00. The van der Waals surface area contributed by atoms with Crippen molar-refractivity contribution in [1.29, 1.82) is 0 Å². The molecule has 0 aromatic rings. The Morgan fingerprint density at radius 1 is 1.00 bits per heavy atom. The number of hydrogen-bond donors (Lipinski definition) is 2. The zero-order valence-corrected chi connectivity index (χ0v) is 7.27. The SMILES string of the molecule is C[C@H]1CC[C@H]2NCCN[C@H]2C1. The van der Waals surface area contributed by atoms with Gasteiger partial charge in [0.25, 0.3) is 0 Å². The molecule has 0 amide bonds. The van der Waals surface area contributed by atoms with E-state index in [0.717, 1.165) is 31.1 Å². The lowest BCUT2D eigenvalue weighted by atomic mass is 9.82. The minimum Gasteiger partial charge on any atom is -0.311 e. The van der Waals surface area contributed by atoms with Crippen molar-refractivity contribution in [3.8, 4) is 0 Å². The van der Waals surface area contributed by atoms with Crippen LogP contribution in [0.4, 0.5) is 0 Å². The molecule has 0 aromatic carbocycles. The summed E-state index contributed by atoms with van der Waals surface area (Å²) in [4.78, 5) is 0. The molecule has 0 aromatic heterocycles. The molecule has 1 aliphatic carbocycles. The van der Waals surface area contributed by atoms with Crippen LogP contribution in [-0.4, -0.2) is 25.2 Å². The molecule has 1 saturated heterocycles. The maximum Gasteiger partial charge on any atom is 0.0224 e. The van der Waals surface area contributed by atoms with E-state index in [4.69, 9.17) is 0 Å². The molecule has 0 unspecified atom stereocenters. The predicted molar refractivity (Wildman–Crippen MR) is 46.6 cm³/mol. The number of nitrogens with one attached hydrogen (secondary N) is 2. The fourth-order valence-corrected chi connectivity index (χ4v) is 2.37. The summed E-state index contributed by atoms with van der Waals surface area (Å²) in [6.07, 6.45) is 4.16. The molecule has 0 bridgehead atoms. The summed E-state index contributed by atoms with van der Waals surface area (Å²) in [6.45, 7) is 4.69. The van der Waals surface area contributed by atoms with Gasteiger partial charge in [-0.25, -0.2) is 0 Å². The van der Waals surface area contributed by atoms with E-state index < -0.39 is 0 Å². The Balaban J connectivity index is 1.93. The first-order chi connectivity index (χ1) is 5.36. The summed E-state index contributed by atoms with van der Waals surface area (Å²) in [5, 5.41) is 7.17. The average Bonchev–Trinajstić information content (AvgIpc) is 2.04. The van der Waals surface area contributed by atoms with Crippen LogP contribution in [0, 0.1) is 5.92 Å². The quantitative estimate of drug-likeness (QED) is 0.537. The van der Waals surface area contributed by atoms with Crippen LogP contribution in [-0.2, 0) is 0 Å². The molecule has 1 heterocycles. The minimum absolute atomic E-state index is 0.771. The Hall–Kier alpha value is -0.0800. The van der Waals surface area contributed by atoms with Crippen LogP contribution >= 0.6 is 0 Å². The smallest absolute Gasteiger partial charge is 0.0224 e. The highest BCUT2D eigenvalue weighted by Gasteiger charge is 2.29. The largest absolute Gasteiger partial charge is 0.311 e. The molecule has 2 fully saturated rings. The second-order valence-corrected chi connectivity index (χ2v) is 4.04. The molecule has 2 aliphatic rings. The van der Waals surface area contributed by atoms with Gasteiger partial charge in [0.05, 0.1) is 0 Å². The molecule has 1 saturated carbocycles. The summed E-state index contributed by atoms with van der Waals surface area (Å²) in [7, 11) is 0. The topological polar surface area (TPSA) is 24.1 Å². The molecular formula is C9H18N2. The van der Waals surface area contributed by atoms with Crippen LogP contribution in [0.1, 0.15) is 26.2 Å². The normalized spacial score (nSPS) is 45.0. The Kier molecular flexibility index (Phi) is 2.14. The second-order valence-electron chi connectivity index (χ2n) is 4.04. The summed E-state index contributed by atoms with van der Waals surface area (Å²) < 4.78 is 0. The van der Waals surface area contributed by atoms with Gasteiger partial charge < -0.3 is 10.6 Å². The number of hydrogen-bond acceptors (Lipinski definition) is 2. The third-order valence-corrected chi connectivity index (χ3v) is 3.05. The molecule has 2 nitrogen and oxygen atoms in total. The highest BCUT2D eigenvalue weighted by molar-refractivity contribution is 4.91. The lowest BCUT2D eigenvalue weighted by molar-refractivity contribution is 0.210. The van der Waals surface area contributed by atoms with Crippen LogP contribution in [0.5, 0.6) is 0 Å². The van der Waals surface area contributed by atoms with Crippen molar-refractivity contribution in [1.82, 2.24) is 10.6 Å². The maximum absolute atomic E-state index is 3.59. The van der Waals surface area contributed by atoms with E-state index in [-0.39, 0.29) is 0 Å². The summed E-state index contributed by atoms with van der Waals surface area (Å²) in [6, 6.07) is 1.55. The van der Waals surface area contributed by atoms with Crippen molar-refractivity contribution in [2.24, 2.45) is 5.92 Å². The fourth-order valence-electron chi connectivity index (χ4n) is 2.37. The monoisotopic (exact) mass is 154 g/mol. The first-order valence-corrected chi connectivity index (χ1v) is 4.83. The molecule has 3 atom stereocenters. The van der Waals surface area contributed by atoms with E-state index in [9.17, 15) is 0 Å². The number of fused-ring (bicyclic) bond motifs is 1. The van der Waals surface area contributed by atoms with Crippen LogP contribution in [0.15, 0.2) is 0 Å². The first-order valence-electron chi connectivity index (χ1n) is 4.83. The first kappa shape index (κ1) is 7.56. The Bertz CT molecular complexity index is 136. The van der Waals surface area contributed by atoms with Crippen molar-refractivity contribution in [2.45, 2.75) is 38.3 Å². The average molecular weight is 154 g/mol. The van der Waals surface area contributed by atoms with E-state index >= 15 is 0 Å². The third-order valence-electron chi connectivity index (χ3n) is 3.05. The van der Waals surface area contributed by atoms with Gasteiger partial charge in [-0.15, -0.1) is 0 Å². The van der Waals surface area contributed by atoms with Gasteiger partial charge in [0.1, 0.15) is 0 Å². The minimum atomic E-state index is 0.771. The van der Waals surface area contributed by atoms with E-state index in [0.29, 0.717) is 0 Å². The van der Waals surface area contributed by atoms with Crippen molar-refractivity contribution in [3.05, 3.63) is 0 Å². The summed E-state index contributed by atoms with van der Waals surface area (Å²) in [5.41, 5.74) is 0. The lowest BCUT2D eigenvalue weighted by Crippen LogP contribution is -2.58. The third kappa shape index (κ3) is 1.57. The Labute approximate surface area is 68.7 Å². The lowest BCUT2D eigenvalue weighted by Gasteiger charge is -2.39. The standard InChI is InChI=1S/C9H18N2/c1-7-2-3-8-9(6-7)11-5-4-10-8/h7-11H,2-6H2,1H3/t7-,8+,9-/m0/s1. The zero-order chi connectivity index (χ0) is 7.68. The van der Waals surface area contributed by atoms with Crippen LogP contribution in [0.3, 0.4) is 0 Å². The van der Waals surface area contributed by atoms with Crippen molar-refractivity contribution >= 4 is 0 Å². The predicted octanol–water partition coefficient (Wildman–Crippen LogP) is 0.736. The Morgan fingerprint density at radius 2 is 1.73 bits per heavy atom. The van der Waals surface area contributed by atoms with Gasteiger partial charge in [0.15, 0.2) is 0 Å². The van der Waals surface area contributed by atoms with Gasteiger partial charge in [-0.1, -0.05) is 6.92 Å². The van der Waals surface area contributed by atoms with Gasteiger partial charge in [-0.3, -0.25) is 0 Å². The van der Waals surface area contributed by atoms with Gasteiger partial charge >= 0.3 is 0 Å². The van der Waals surface area contributed by atoms with Crippen molar-refractivity contribution in [3.63, 3.8) is 0 Å². The summed E-state index contributed by atoms with van der Waals surface area (Å²) in [5.74, 6) is 0.934. The van der Waals surface area contributed by atoms with Crippen LogP contribution < -0.4 is 10.6 Å². The van der Waals surface area contributed by atoms with Crippen LogP contribution in [0.25, 0.3) is 0 Å². The molecule has 0 spiro atoms. The second kappa shape index (κ2) is 3.11. The van der Waals surface area contributed by atoms with E-state index in [1.54, 1.807) is 0 Å². The molecule has 0 radical (unpaired) electrons. The molecule has 64 valence electrons. The maximum atomic E-state index is 3.59. The van der Waals surface area contributed by atoms with E-state index in [2.05, 4.69) is 17.6 Å². The van der Waals surface area contributed by atoms with Gasteiger partial charge in [-0.05, 0) is 25.2 Å². The van der Waals surface area contributed by atoms with Crippen molar-refractivity contribution < 1.29 is 0 Å². The molecule has 1 aliphatic heterocycles. The highest BCUT2D eigenvalue weighted by Crippen LogP contribution is 2.24.